The van der Waals surface area contributed by atoms with Crippen LogP contribution in [0.15, 0.2) is 60.0 Å². The number of rotatable bonds is 8. The summed E-state index contributed by atoms with van der Waals surface area (Å²) in [5.41, 5.74) is 1.78. The zero-order valence-corrected chi connectivity index (χ0v) is 15.5. The molecular weight excluding hydrogens is 338 g/mol. The molecule has 0 aromatic heterocycles. The van der Waals surface area contributed by atoms with Crippen molar-refractivity contribution in [1.82, 2.24) is 4.31 Å². The Hall–Kier alpha value is -2.31. The smallest absolute Gasteiger partial charge is 0.236 e. The molecule has 0 unspecified atom stereocenters. The molecule has 134 valence electrons. The van der Waals surface area contributed by atoms with Crippen LogP contribution in [0, 0.1) is 0 Å². The minimum Gasteiger partial charge on any atom is -0.497 e. The van der Waals surface area contributed by atoms with E-state index in [1.54, 1.807) is 21.1 Å². The molecule has 0 heterocycles. The quantitative estimate of drug-likeness (QED) is 0.721. The molecule has 0 radical (unpaired) electrons. The third-order valence-electron chi connectivity index (χ3n) is 3.70. The Morgan fingerprint density at radius 1 is 0.840 bits per heavy atom. The summed E-state index contributed by atoms with van der Waals surface area (Å²) in [4.78, 5) is 0. The van der Waals surface area contributed by atoms with Crippen molar-refractivity contribution >= 4 is 10.0 Å². The Balaban J connectivity index is 2.25. The molecule has 0 fully saturated rings. The Kier molecular flexibility index (Phi) is 6.61. The molecule has 0 aliphatic rings. The van der Waals surface area contributed by atoms with Crippen LogP contribution in [0.3, 0.4) is 0 Å². The standard InChI is InChI=1S/C19H23NO4S/c1-4-13-25(21,22)20(14-16-5-9-18(23-2)10-6-16)15-17-7-11-19(24-3)12-8-17/h4-13H,14-15H2,1-3H3/b13-4+. The fraction of sp³-hybridized carbons (Fsp3) is 0.263. The molecule has 0 bridgehead atoms. The number of ether oxygens (including phenoxy) is 2. The van der Waals surface area contributed by atoms with Crippen molar-refractivity contribution in [3.05, 3.63) is 71.1 Å². The Morgan fingerprint density at radius 2 is 1.24 bits per heavy atom. The number of nitrogens with zero attached hydrogens (tertiary/aromatic N) is 1. The van der Waals surface area contributed by atoms with Crippen LogP contribution in [-0.4, -0.2) is 26.9 Å². The van der Waals surface area contributed by atoms with Gasteiger partial charge in [-0.25, -0.2) is 8.42 Å². The molecule has 5 nitrogen and oxygen atoms in total. The summed E-state index contributed by atoms with van der Waals surface area (Å²) >= 11 is 0. The maximum Gasteiger partial charge on any atom is 0.236 e. The van der Waals surface area contributed by atoms with Gasteiger partial charge in [0.15, 0.2) is 0 Å². The van der Waals surface area contributed by atoms with E-state index < -0.39 is 10.0 Å². The van der Waals surface area contributed by atoms with Crippen LogP contribution in [0.4, 0.5) is 0 Å². The minimum absolute atomic E-state index is 0.280. The molecule has 0 spiro atoms. The topological polar surface area (TPSA) is 55.8 Å². The van der Waals surface area contributed by atoms with Crippen molar-refractivity contribution in [1.29, 1.82) is 0 Å². The molecule has 0 saturated carbocycles. The maximum atomic E-state index is 12.6. The van der Waals surface area contributed by atoms with Crippen molar-refractivity contribution < 1.29 is 17.9 Å². The summed E-state index contributed by atoms with van der Waals surface area (Å²) in [6.45, 7) is 2.25. The largest absolute Gasteiger partial charge is 0.497 e. The van der Waals surface area contributed by atoms with Gasteiger partial charge in [0.1, 0.15) is 11.5 Å². The number of hydrogen-bond donors (Lipinski definition) is 0. The molecular formula is C19H23NO4S. The second kappa shape index (κ2) is 8.69. The van der Waals surface area contributed by atoms with Gasteiger partial charge in [0.2, 0.25) is 10.0 Å². The fourth-order valence-corrected chi connectivity index (χ4v) is 3.54. The lowest BCUT2D eigenvalue weighted by molar-refractivity contribution is 0.402. The molecule has 2 aromatic rings. The van der Waals surface area contributed by atoms with E-state index >= 15 is 0 Å². The van der Waals surface area contributed by atoms with E-state index in [0.29, 0.717) is 0 Å². The first-order valence-electron chi connectivity index (χ1n) is 7.87. The number of methoxy groups -OCH3 is 2. The molecule has 2 rings (SSSR count). The van der Waals surface area contributed by atoms with Gasteiger partial charge in [-0.3, -0.25) is 0 Å². The number of allylic oxidation sites excluding steroid dienone is 1. The molecule has 25 heavy (non-hydrogen) atoms. The van der Waals surface area contributed by atoms with E-state index in [4.69, 9.17) is 9.47 Å². The second-order valence-electron chi connectivity index (χ2n) is 5.48. The van der Waals surface area contributed by atoms with Gasteiger partial charge >= 0.3 is 0 Å². The van der Waals surface area contributed by atoms with E-state index in [1.807, 2.05) is 48.5 Å². The lowest BCUT2D eigenvalue weighted by Gasteiger charge is -2.21. The Labute approximate surface area is 149 Å². The van der Waals surface area contributed by atoms with Gasteiger partial charge in [-0.1, -0.05) is 30.3 Å². The lowest BCUT2D eigenvalue weighted by Crippen LogP contribution is -2.28. The molecule has 0 atom stereocenters. The molecule has 2 aromatic carbocycles. The average molecular weight is 361 g/mol. The first-order valence-corrected chi connectivity index (χ1v) is 9.37. The number of sulfonamides is 1. The molecule has 6 heteroatoms. The summed E-state index contributed by atoms with van der Waals surface area (Å²) < 4.78 is 36.9. The van der Waals surface area contributed by atoms with E-state index in [1.165, 1.54) is 15.8 Å². The molecule has 0 N–H and O–H groups in total. The van der Waals surface area contributed by atoms with Crippen LogP contribution in [0.1, 0.15) is 18.1 Å². The first-order chi connectivity index (χ1) is 12.0. The highest BCUT2D eigenvalue weighted by molar-refractivity contribution is 7.92. The summed E-state index contributed by atoms with van der Waals surface area (Å²) in [6, 6.07) is 14.8. The van der Waals surface area contributed by atoms with Crippen LogP contribution < -0.4 is 9.47 Å². The van der Waals surface area contributed by atoms with Crippen molar-refractivity contribution in [3.8, 4) is 11.5 Å². The second-order valence-corrected chi connectivity index (χ2v) is 7.30. The van der Waals surface area contributed by atoms with Gasteiger partial charge in [0.25, 0.3) is 0 Å². The Morgan fingerprint density at radius 3 is 1.56 bits per heavy atom. The molecule has 0 amide bonds. The predicted octanol–water partition coefficient (Wildman–Crippen LogP) is 3.57. The minimum atomic E-state index is -3.51. The fourth-order valence-electron chi connectivity index (χ4n) is 2.36. The van der Waals surface area contributed by atoms with Gasteiger partial charge in [-0.2, -0.15) is 4.31 Å². The van der Waals surface area contributed by atoms with Gasteiger partial charge in [-0.15, -0.1) is 0 Å². The van der Waals surface area contributed by atoms with E-state index in [9.17, 15) is 8.42 Å². The van der Waals surface area contributed by atoms with Gasteiger partial charge in [0.05, 0.1) is 14.2 Å². The summed E-state index contributed by atoms with van der Waals surface area (Å²) in [6.07, 6.45) is 1.53. The normalized spacial score (nSPS) is 11.8. The van der Waals surface area contributed by atoms with Crippen LogP contribution in [-0.2, 0) is 23.1 Å². The van der Waals surface area contributed by atoms with Crippen LogP contribution in [0.5, 0.6) is 11.5 Å². The van der Waals surface area contributed by atoms with Crippen LogP contribution in [0.2, 0.25) is 0 Å². The monoisotopic (exact) mass is 361 g/mol. The SMILES string of the molecule is C/C=C/S(=O)(=O)N(Cc1ccc(OC)cc1)Cc1ccc(OC)cc1. The zero-order chi connectivity index (χ0) is 18.3. The van der Waals surface area contributed by atoms with Crippen molar-refractivity contribution in [3.63, 3.8) is 0 Å². The third kappa shape index (κ3) is 5.34. The predicted molar refractivity (Wildman–Crippen MR) is 99.0 cm³/mol. The van der Waals surface area contributed by atoms with Crippen molar-refractivity contribution in [2.45, 2.75) is 20.0 Å². The highest BCUT2D eigenvalue weighted by Crippen LogP contribution is 2.19. The molecule has 0 aliphatic carbocycles. The number of hydrogen-bond acceptors (Lipinski definition) is 4. The number of benzene rings is 2. The zero-order valence-electron chi connectivity index (χ0n) is 14.7. The van der Waals surface area contributed by atoms with Gasteiger partial charge < -0.3 is 9.47 Å². The van der Waals surface area contributed by atoms with E-state index in [-0.39, 0.29) is 13.1 Å². The van der Waals surface area contributed by atoms with Crippen LogP contribution in [0.25, 0.3) is 0 Å². The molecule has 0 aliphatic heterocycles. The van der Waals surface area contributed by atoms with Gasteiger partial charge in [-0.05, 0) is 42.3 Å². The van der Waals surface area contributed by atoms with Crippen molar-refractivity contribution in [2.75, 3.05) is 14.2 Å². The van der Waals surface area contributed by atoms with E-state index in [0.717, 1.165) is 22.6 Å². The van der Waals surface area contributed by atoms with Crippen molar-refractivity contribution in [2.24, 2.45) is 0 Å². The van der Waals surface area contributed by atoms with Crippen LogP contribution >= 0.6 is 0 Å². The van der Waals surface area contributed by atoms with Gasteiger partial charge in [0, 0.05) is 18.5 Å². The summed E-state index contributed by atoms with van der Waals surface area (Å²) in [7, 11) is -0.313. The highest BCUT2D eigenvalue weighted by Gasteiger charge is 2.20. The Bertz CT molecular complexity index is 747. The first kappa shape index (κ1) is 19.0. The summed E-state index contributed by atoms with van der Waals surface area (Å²) in [5.74, 6) is 1.48. The third-order valence-corrected chi connectivity index (χ3v) is 5.30. The highest BCUT2D eigenvalue weighted by atomic mass is 32.2. The van der Waals surface area contributed by atoms with E-state index in [2.05, 4.69) is 0 Å². The molecule has 0 saturated heterocycles. The maximum absolute atomic E-state index is 12.6. The average Bonchev–Trinajstić information content (AvgIpc) is 2.62. The lowest BCUT2D eigenvalue weighted by atomic mass is 10.2. The summed E-state index contributed by atoms with van der Waals surface area (Å²) in [5, 5.41) is 1.22.